The molecule has 4 nitrogen and oxygen atoms in total. The van der Waals surface area contributed by atoms with E-state index in [1.165, 1.54) is 0 Å². The van der Waals surface area contributed by atoms with Crippen LogP contribution in [0.4, 0.5) is 5.82 Å². The Morgan fingerprint density at radius 2 is 1.96 bits per heavy atom. The lowest BCUT2D eigenvalue weighted by Gasteiger charge is -2.33. The number of anilines is 1. The lowest BCUT2D eigenvalue weighted by atomic mass is 10.0. The molecule has 0 saturated carbocycles. The number of carbonyl (C=O) groups excluding carboxylic acids is 1. The molecule has 2 heterocycles. The average molecular weight is 311 g/mol. The molecule has 1 aromatic carbocycles. The van der Waals surface area contributed by atoms with Crippen molar-refractivity contribution in [1.82, 2.24) is 9.88 Å². The second-order valence-corrected chi connectivity index (χ2v) is 6.79. The van der Waals surface area contributed by atoms with E-state index in [1.54, 1.807) is 0 Å². The van der Waals surface area contributed by atoms with Gasteiger partial charge in [0.2, 0.25) is 5.91 Å². The summed E-state index contributed by atoms with van der Waals surface area (Å²) < 4.78 is 0. The predicted octanol–water partition coefficient (Wildman–Crippen LogP) is 3.68. The van der Waals surface area contributed by atoms with Gasteiger partial charge in [-0.15, -0.1) is 0 Å². The molecule has 0 aliphatic carbocycles. The molecule has 1 saturated heterocycles. The van der Waals surface area contributed by atoms with E-state index in [1.807, 2.05) is 29.2 Å². The first-order valence-corrected chi connectivity index (χ1v) is 8.52. The minimum absolute atomic E-state index is 0.294. The Bertz CT molecular complexity index is 675. The van der Waals surface area contributed by atoms with Gasteiger partial charge in [0.1, 0.15) is 5.82 Å². The third-order valence-electron chi connectivity index (χ3n) is 4.38. The Morgan fingerprint density at radius 1 is 1.22 bits per heavy atom. The normalized spacial score (nSPS) is 16.0. The molecule has 2 aromatic rings. The van der Waals surface area contributed by atoms with E-state index in [4.69, 9.17) is 0 Å². The Hall–Kier alpha value is -2.10. The van der Waals surface area contributed by atoms with Gasteiger partial charge in [-0.25, -0.2) is 4.98 Å². The summed E-state index contributed by atoms with van der Waals surface area (Å²) in [7, 11) is 0. The minimum atomic E-state index is 0.294. The molecule has 1 fully saturated rings. The summed E-state index contributed by atoms with van der Waals surface area (Å²) >= 11 is 0. The van der Waals surface area contributed by atoms with E-state index in [-0.39, 0.29) is 0 Å². The quantitative estimate of drug-likeness (QED) is 0.937. The van der Waals surface area contributed by atoms with Crippen molar-refractivity contribution in [2.24, 2.45) is 5.92 Å². The number of amides is 1. The van der Waals surface area contributed by atoms with E-state index in [0.717, 1.165) is 42.7 Å². The molecule has 1 aliphatic rings. The molecular weight excluding hydrogens is 286 g/mol. The number of carbonyl (C=O) groups is 1. The summed E-state index contributed by atoms with van der Waals surface area (Å²) in [6, 6.07) is 12.7. The largest absolute Gasteiger partial charge is 0.367 e. The van der Waals surface area contributed by atoms with Gasteiger partial charge < -0.3 is 10.2 Å². The van der Waals surface area contributed by atoms with Crippen LogP contribution in [0.15, 0.2) is 36.4 Å². The van der Waals surface area contributed by atoms with Crippen molar-refractivity contribution < 1.29 is 4.79 Å². The summed E-state index contributed by atoms with van der Waals surface area (Å²) in [6.45, 7) is 5.88. The Morgan fingerprint density at radius 3 is 2.70 bits per heavy atom. The highest BCUT2D eigenvalue weighted by Crippen LogP contribution is 2.19. The number of piperidine rings is 1. The fourth-order valence-corrected chi connectivity index (χ4v) is 3.11. The van der Waals surface area contributed by atoms with Gasteiger partial charge >= 0.3 is 0 Å². The van der Waals surface area contributed by atoms with Crippen LogP contribution in [0.25, 0.3) is 10.9 Å². The molecule has 3 rings (SSSR count). The van der Waals surface area contributed by atoms with Crippen LogP contribution < -0.4 is 5.32 Å². The molecule has 0 unspecified atom stereocenters. The molecule has 23 heavy (non-hydrogen) atoms. The predicted molar refractivity (Wildman–Crippen MR) is 94.4 cm³/mol. The lowest BCUT2D eigenvalue weighted by molar-refractivity contribution is -0.132. The molecule has 1 N–H and O–H groups in total. The zero-order chi connectivity index (χ0) is 16.2. The summed E-state index contributed by atoms with van der Waals surface area (Å²) in [5.74, 6) is 1.65. The Labute approximate surface area is 137 Å². The minimum Gasteiger partial charge on any atom is -0.367 e. The summed E-state index contributed by atoms with van der Waals surface area (Å²) in [6.07, 6.45) is 2.63. The highest BCUT2D eigenvalue weighted by molar-refractivity contribution is 5.80. The lowest BCUT2D eigenvalue weighted by Crippen LogP contribution is -2.42. The standard InChI is InChI=1S/C19H25N3O/c1-14(2)13-19(23)22-11-9-16(10-12-22)20-18-8-7-15-5-3-4-6-17(15)21-18/h3-8,14,16H,9-13H2,1-2H3,(H,20,21). The van der Waals surface area contributed by atoms with Crippen molar-refractivity contribution in [2.45, 2.75) is 39.2 Å². The first-order valence-electron chi connectivity index (χ1n) is 8.52. The molecule has 122 valence electrons. The molecule has 0 spiro atoms. The van der Waals surface area contributed by atoms with Crippen molar-refractivity contribution in [1.29, 1.82) is 0 Å². The van der Waals surface area contributed by atoms with E-state index in [2.05, 4.69) is 36.3 Å². The van der Waals surface area contributed by atoms with Gasteiger partial charge in [0.05, 0.1) is 5.52 Å². The summed E-state index contributed by atoms with van der Waals surface area (Å²) in [5.41, 5.74) is 1.02. The summed E-state index contributed by atoms with van der Waals surface area (Å²) in [4.78, 5) is 18.8. The van der Waals surface area contributed by atoms with Gasteiger partial charge in [-0.1, -0.05) is 32.0 Å². The average Bonchev–Trinajstić information content (AvgIpc) is 2.55. The van der Waals surface area contributed by atoms with Crippen LogP contribution >= 0.6 is 0 Å². The second-order valence-electron chi connectivity index (χ2n) is 6.79. The van der Waals surface area contributed by atoms with Crippen molar-refractivity contribution in [3.63, 3.8) is 0 Å². The molecule has 1 aliphatic heterocycles. The molecule has 1 amide bonds. The molecular formula is C19H25N3O. The first kappa shape index (κ1) is 15.8. The van der Waals surface area contributed by atoms with Crippen molar-refractivity contribution >= 4 is 22.6 Å². The molecule has 0 bridgehead atoms. The summed E-state index contributed by atoms with van der Waals surface area (Å²) in [5, 5.41) is 4.68. The number of para-hydroxylation sites is 1. The van der Waals surface area contributed by atoms with Gasteiger partial charge in [-0.2, -0.15) is 0 Å². The maximum atomic E-state index is 12.1. The van der Waals surface area contributed by atoms with Crippen molar-refractivity contribution in [3.8, 4) is 0 Å². The van der Waals surface area contributed by atoms with E-state index < -0.39 is 0 Å². The SMILES string of the molecule is CC(C)CC(=O)N1CCC(Nc2ccc3ccccc3n2)CC1. The third kappa shape index (κ3) is 4.01. The fourth-order valence-electron chi connectivity index (χ4n) is 3.11. The number of likely N-dealkylation sites (tertiary alicyclic amines) is 1. The monoisotopic (exact) mass is 311 g/mol. The van der Waals surface area contributed by atoms with E-state index in [0.29, 0.717) is 24.3 Å². The van der Waals surface area contributed by atoms with Crippen LogP contribution in [0.2, 0.25) is 0 Å². The Balaban J connectivity index is 1.56. The number of rotatable bonds is 4. The van der Waals surface area contributed by atoms with Crippen molar-refractivity contribution in [3.05, 3.63) is 36.4 Å². The third-order valence-corrected chi connectivity index (χ3v) is 4.38. The maximum Gasteiger partial charge on any atom is 0.222 e. The van der Waals surface area contributed by atoms with Gasteiger partial charge in [0.15, 0.2) is 0 Å². The second kappa shape index (κ2) is 6.99. The fraction of sp³-hybridized carbons (Fsp3) is 0.474. The number of fused-ring (bicyclic) bond motifs is 1. The highest BCUT2D eigenvalue weighted by Gasteiger charge is 2.23. The van der Waals surface area contributed by atoms with Crippen LogP contribution in [-0.4, -0.2) is 34.9 Å². The van der Waals surface area contributed by atoms with Crippen LogP contribution in [0.1, 0.15) is 33.1 Å². The van der Waals surface area contributed by atoms with Crippen LogP contribution in [-0.2, 0) is 4.79 Å². The molecule has 1 aromatic heterocycles. The number of hydrogen-bond donors (Lipinski definition) is 1. The van der Waals surface area contributed by atoms with Gasteiger partial charge in [0, 0.05) is 30.9 Å². The number of pyridine rings is 1. The molecule has 0 radical (unpaired) electrons. The number of aromatic nitrogens is 1. The zero-order valence-electron chi connectivity index (χ0n) is 14.0. The van der Waals surface area contributed by atoms with E-state index in [9.17, 15) is 4.79 Å². The van der Waals surface area contributed by atoms with Crippen molar-refractivity contribution in [2.75, 3.05) is 18.4 Å². The van der Waals surface area contributed by atoms with Crippen LogP contribution in [0, 0.1) is 5.92 Å². The number of hydrogen-bond acceptors (Lipinski definition) is 3. The van der Waals surface area contributed by atoms with Crippen LogP contribution in [0.5, 0.6) is 0 Å². The van der Waals surface area contributed by atoms with Gasteiger partial charge in [0.25, 0.3) is 0 Å². The maximum absolute atomic E-state index is 12.1. The zero-order valence-corrected chi connectivity index (χ0v) is 14.0. The Kier molecular flexibility index (Phi) is 4.79. The number of nitrogens with zero attached hydrogens (tertiary/aromatic N) is 2. The first-order chi connectivity index (χ1) is 11.1. The highest BCUT2D eigenvalue weighted by atomic mass is 16.2. The van der Waals surface area contributed by atoms with Gasteiger partial charge in [-0.3, -0.25) is 4.79 Å². The topological polar surface area (TPSA) is 45.2 Å². The molecule has 0 atom stereocenters. The molecule has 4 heteroatoms. The van der Waals surface area contributed by atoms with Gasteiger partial charge in [-0.05, 0) is 37.0 Å². The van der Waals surface area contributed by atoms with Crippen LogP contribution in [0.3, 0.4) is 0 Å². The number of nitrogens with one attached hydrogen (secondary N) is 1. The smallest absolute Gasteiger partial charge is 0.222 e. The number of benzene rings is 1. The van der Waals surface area contributed by atoms with E-state index >= 15 is 0 Å².